The summed E-state index contributed by atoms with van der Waals surface area (Å²) in [5.74, 6) is 0.357. The Morgan fingerprint density at radius 1 is 1.15 bits per heavy atom. The standard InChI is InChI=1S/C26H24ClN3O3S/c1-15-7-13-18(14-8-15)30-25(34)29-22-19-5-4-6-20(32-3)23(19)33-26(30,2)21(22)24(31)28-17-11-9-16(27)10-12-17/h4-14,21-22H,1-3H3,(H,28,31)(H,29,34)/t21-,22+,26-/m0/s1. The van der Waals surface area contributed by atoms with Gasteiger partial charge in [-0.15, -0.1) is 0 Å². The van der Waals surface area contributed by atoms with Crippen molar-refractivity contribution < 1.29 is 14.3 Å². The lowest BCUT2D eigenvalue weighted by atomic mass is 9.78. The highest BCUT2D eigenvalue weighted by Gasteiger charge is 2.59. The third-order valence-corrected chi connectivity index (χ3v) is 6.95. The molecule has 0 radical (unpaired) electrons. The van der Waals surface area contributed by atoms with Crippen LogP contribution in [0.1, 0.15) is 24.1 Å². The van der Waals surface area contributed by atoms with Crippen LogP contribution in [0.4, 0.5) is 11.4 Å². The van der Waals surface area contributed by atoms with Gasteiger partial charge in [0.05, 0.1) is 13.2 Å². The number of hydrogen-bond donors (Lipinski definition) is 2. The van der Waals surface area contributed by atoms with Crippen molar-refractivity contribution in [3.05, 3.63) is 82.9 Å². The van der Waals surface area contributed by atoms with Crippen LogP contribution in [0.25, 0.3) is 0 Å². The number of fused-ring (bicyclic) bond motifs is 4. The molecule has 0 aromatic heterocycles. The highest BCUT2D eigenvalue weighted by molar-refractivity contribution is 7.80. The van der Waals surface area contributed by atoms with E-state index >= 15 is 0 Å². The summed E-state index contributed by atoms with van der Waals surface area (Å²) in [7, 11) is 1.60. The van der Waals surface area contributed by atoms with E-state index in [1.165, 1.54) is 0 Å². The van der Waals surface area contributed by atoms with E-state index < -0.39 is 17.7 Å². The van der Waals surface area contributed by atoms with Gasteiger partial charge in [0.1, 0.15) is 5.92 Å². The van der Waals surface area contributed by atoms with E-state index in [0.717, 1.165) is 16.8 Å². The summed E-state index contributed by atoms with van der Waals surface area (Å²) in [5.41, 5.74) is 2.29. The van der Waals surface area contributed by atoms with Gasteiger partial charge in [-0.1, -0.05) is 41.4 Å². The van der Waals surface area contributed by atoms with E-state index in [0.29, 0.717) is 27.3 Å². The number of amides is 1. The zero-order valence-electron chi connectivity index (χ0n) is 19.0. The fraction of sp³-hybridized carbons (Fsp3) is 0.231. The first-order valence-corrected chi connectivity index (χ1v) is 11.7. The minimum absolute atomic E-state index is 0.199. The molecule has 2 aliphatic rings. The Bertz CT molecular complexity index is 1270. The van der Waals surface area contributed by atoms with Crippen LogP contribution in [0.2, 0.25) is 5.02 Å². The average molecular weight is 494 g/mol. The van der Waals surface area contributed by atoms with Gasteiger partial charge in [0.15, 0.2) is 22.3 Å². The molecule has 3 aromatic carbocycles. The second kappa shape index (κ2) is 8.49. The van der Waals surface area contributed by atoms with Crippen LogP contribution < -0.4 is 25.0 Å². The van der Waals surface area contributed by atoms with Gasteiger partial charge in [-0.2, -0.15) is 0 Å². The number of anilines is 2. The molecule has 2 bridgehead atoms. The van der Waals surface area contributed by atoms with Crippen LogP contribution in [0.15, 0.2) is 66.7 Å². The molecule has 1 saturated heterocycles. The van der Waals surface area contributed by atoms with Gasteiger partial charge in [-0.3, -0.25) is 9.69 Å². The van der Waals surface area contributed by atoms with Gasteiger partial charge in [0, 0.05) is 22.0 Å². The largest absolute Gasteiger partial charge is 0.493 e. The lowest BCUT2D eigenvalue weighted by Gasteiger charge is -2.56. The molecule has 0 saturated carbocycles. The van der Waals surface area contributed by atoms with Gasteiger partial charge < -0.3 is 20.1 Å². The summed E-state index contributed by atoms with van der Waals surface area (Å²) >= 11 is 11.8. The highest BCUT2D eigenvalue weighted by atomic mass is 35.5. The summed E-state index contributed by atoms with van der Waals surface area (Å²) in [6.45, 7) is 3.92. The molecule has 0 spiro atoms. The molecule has 174 valence electrons. The van der Waals surface area contributed by atoms with Crippen molar-refractivity contribution in [1.82, 2.24) is 5.32 Å². The number of halogens is 1. The number of rotatable bonds is 4. The molecule has 3 aromatic rings. The fourth-order valence-electron chi connectivity index (χ4n) is 4.77. The lowest BCUT2D eigenvalue weighted by molar-refractivity contribution is -0.130. The number of para-hydroxylation sites is 1. The Labute approximate surface area is 208 Å². The maximum absolute atomic E-state index is 13.8. The fourth-order valence-corrected chi connectivity index (χ4v) is 5.31. The van der Waals surface area contributed by atoms with E-state index in [1.807, 2.05) is 61.2 Å². The third kappa shape index (κ3) is 3.65. The monoisotopic (exact) mass is 493 g/mol. The summed E-state index contributed by atoms with van der Waals surface area (Å²) in [4.78, 5) is 15.7. The second-order valence-electron chi connectivity index (χ2n) is 8.61. The van der Waals surface area contributed by atoms with E-state index in [9.17, 15) is 4.79 Å². The Kier molecular flexibility index (Phi) is 5.62. The number of carbonyl (C=O) groups excluding carboxylic acids is 1. The van der Waals surface area contributed by atoms with Crippen LogP contribution in [0.5, 0.6) is 11.5 Å². The molecule has 3 atom stereocenters. The first-order valence-electron chi connectivity index (χ1n) is 10.9. The van der Waals surface area contributed by atoms with Gasteiger partial charge in [-0.05, 0) is 68.5 Å². The Morgan fingerprint density at radius 2 is 1.85 bits per heavy atom. The molecule has 6 nitrogen and oxygen atoms in total. The number of nitrogens with zero attached hydrogens (tertiary/aromatic N) is 1. The minimum atomic E-state index is -1.12. The quantitative estimate of drug-likeness (QED) is 0.471. The van der Waals surface area contributed by atoms with Gasteiger partial charge in [0.2, 0.25) is 5.91 Å². The van der Waals surface area contributed by atoms with Crippen molar-refractivity contribution in [3.8, 4) is 11.5 Å². The normalized spacial score (nSPS) is 22.8. The summed E-state index contributed by atoms with van der Waals surface area (Å²) < 4.78 is 12.3. The van der Waals surface area contributed by atoms with Gasteiger partial charge >= 0.3 is 0 Å². The average Bonchev–Trinajstić information content (AvgIpc) is 2.81. The number of aryl methyl sites for hydroxylation is 1. The third-order valence-electron chi connectivity index (χ3n) is 6.40. The number of ether oxygens (including phenoxy) is 2. The van der Waals surface area contributed by atoms with E-state index in [2.05, 4.69) is 10.6 Å². The number of nitrogens with one attached hydrogen (secondary N) is 2. The molecule has 1 amide bonds. The van der Waals surface area contributed by atoms with Crippen molar-refractivity contribution in [3.63, 3.8) is 0 Å². The Morgan fingerprint density at radius 3 is 2.53 bits per heavy atom. The number of benzene rings is 3. The van der Waals surface area contributed by atoms with Crippen LogP contribution in [-0.2, 0) is 4.79 Å². The van der Waals surface area contributed by atoms with Gasteiger partial charge in [0.25, 0.3) is 0 Å². The van der Waals surface area contributed by atoms with Crippen molar-refractivity contribution >= 4 is 46.2 Å². The van der Waals surface area contributed by atoms with Crippen molar-refractivity contribution in [1.29, 1.82) is 0 Å². The van der Waals surface area contributed by atoms with Crippen molar-refractivity contribution in [2.45, 2.75) is 25.6 Å². The number of methoxy groups -OCH3 is 1. The number of thiocarbonyl (C=S) groups is 1. The first-order chi connectivity index (χ1) is 16.3. The lowest BCUT2D eigenvalue weighted by Crippen LogP contribution is -2.72. The van der Waals surface area contributed by atoms with E-state index in [4.69, 9.17) is 33.3 Å². The van der Waals surface area contributed by atoms with Crippen molar-refractivity contribution in [2.75, 3.05) is 17.3 Å². The maximum Gasteiger partial charge on any atom is 0.236 e. The van der Waals surface area contributed by atoms with Crippen LogP contribution in [-0.4, -0.2) is 23.9 Å². The summed E-state index contributed by atoms with van der Waals surface area (Å²) in [6, 6.07) is 20.2. The molecule has 0 unspecified atom stereocenters. The number of hydrogen-bond acceptors (Lipinski definition) is 4. The molecular weight excluding hydrogens is 470 g/mol. The smallest absolute Gasteiger partial charge is 0.236 e. The molecule has 2 heterocycles. The zero-order valence-corrected chi connectivity index (χ0v) is 20.5. The number of carbonyl (C=O) groups is 1. The second-order valence-corrected chi connectivity index (χ2v) is 9.43. The van der Waals surface area contributed by atoms with Crippen LogP contribution in [0.3, 0.4) is 0 Å². The van der Waals surface area contributed by atoms with Crippen LogP contribution >= 0.6 is 23.8 Å². The molecule has 2 aliphatic heterocycles. The molecule has 5 rings (SSSR count). The molecule has 2 N–H and O–H groups in total. The molecule has 1 fully saturated rings. The van der Waals surface area contributed by atoms with E-state index in [-0.39, 0.29) is 5.91 Å². The van der Waals surface area contributed by atoms with E-state index in [1.54, 1.807) is 31.4 Å². The van der Waals surface area contributed by atoms with Gasteiger partial charge in [-0.25, -0.2) is 0 Å². The van der Waals surface area contributed by atoms with Crippen LogP contribution in [0, 0.1) is 12.8 Å². The SMILES string of the molecule is COc1cccc2c1O[C@@]1(C)[C@H](C(=O)Nc3ccc(Cl)cc3)[C@@H]2NC(=S)N1c1ccc(C)cc1. The Hall–Kier alpha value is -3.29. The summed E-state index contributed by atoms with van der Waals surface area (Å²) in [6.07, 6.45) is 0. The summed E-state index contributed by atoms with van der Waals surface area (Å²) in [5, 5.41) is 7.52. The molecular formula is C26H24ClN3O3S. The highest BCUT2D eigenvalue weighted by Crippen LogP contribution is 2.52. The molecule has 8 heteroatoms. The molecule has 0 aliphatic carbocycles. The van der Waals surface area contributed by atoms with Crippen molar-refractivity contribution in [2.24, 2.45) is 5.92 Å². The predicted octanol–water partition coefficient (Wildman–Crippen LogP) is 5.46. The topological polar surface area (TPSA) is 62.8 Å². The first kappa shape index (κ1) is 22.5. The zero-order chi connectivity index (χ0) is 24.0. The predicted molar refractivity (Wildman–Crippen MR) is 138 cm³/mol. The molecule has 34 heavy (non-hydrogen) atoms. The Balaban J connectivity index is 1.64. The minimum Gasteiger partial charge on any atom is -0.493 e. The maximum atomic E-state index is 13.8.